The van der Waals surface area contributed by atoms with E-state index in [0.29, 0.717) is 0 Å². The Labute approximate surface area is 133 Å². The first-order valence-electron chi connectivity index (χ1n) is 7.71. The highest BCUT2D eigenvalue weighted by Gasteiger charge is 2.24. The van der Waals surface area contributed by atoms with Crippen molar-refractivity contribution < 1.29 is 4.42 Å². The Hall–Kier alpha value is -1.88. The molecule has 4 nitrogen and oxygen atoms in total. The molecule has 1 atom stereocenters. The summed E-state index contributed by atoms with van der Waals surface area (Å²) in [6.45, 7) is 3.06. The van der Waals surface area contributed by atoms with Gasteiger partial charge in [-0.3, -0.25) is 0 Å². The monoisotopic (exact) mass is 313 g/mol. The van der Waals surface area contributed by atoms with Gasteiger partial charge in [-0.15, -0.1) is 11.3 Å². The maximum atomic E-state index is 5.46. The molecular formula is C17H19N3OS. The van der Waals surface area contributed by atoms with Gasteiger partial charge in [-0.2, -0.15) is 0 Å². The minimum absolute atomic E-state index is 0.722. The summed E-state index contributed by atoms with van der Waals surface area (Å²) in [5.74, 6) is 2.75. The minimum atomic E-state index is 0.722. The lowest BCUT2D eigenvalue weighted by Gasteiger charge is -2.21. The van der Waals surface area contributed by atoms with Crippen molar-refractivity contribution in [2.24, 2.45) is 5.92 Å². The average molecular weight is 313 g/mol. The maximum absolute atomic E-state index is 5.46. The number of rotatable bonds is 3. The van der Waals surface area contributed by atoms with E-state index in [1.54, 1.807) is 12.6 Å². The minimum Gasteiger partial charge on any atom is -0.467 e. The van der Waals surface area contributed by atoms with Crippen LogP contribution in [0.25, 0.3) is 10.2 Å². The zero-order valence-electron chi connectivity index (χ0n) is 12.9. The van der Waals surface area contributed by atoms with Crippen LogP contribution in [-0.2, 0) is 19.4 Å². The zero-order valence-corrected chi connectivity index (χ0v) is 13.7. The van der Waals surface area contributed by atoms with Gasteiger partial charge in [-0.25, -0.2) is 9.97 Å². The predicted octanol–water partition coefficient (Wildman–Crippen LogP) is 4.05. The van der Waals surface area contributed by atoms with Crippen molar-refractivity contribution in [3.8, 4) is 0 Å². The summed E-state index contributed by atoms with van der Waals surface area (Å²) in [5, 5.41) is 1.25. The third-order valence-corrected chi connectivity index (χ3v) is 5.57. The molecule has 0 amide bonds. The summed E-state index contributed by atoms with van der Waals surface area (Å²) in [6, 6.07) is 3.92. The van der Waals surface area contributed by atoms with Gasteiger partial charge in [0.1, 0.15) is 22.7 Å². The van der Waals surface area contributed by atoms with Gasteiger partial charge >= 0.3 is 0 Å². The van der Waals surface area contributed by atoms with Crippen LogP contribution in [0.1, 0.15) is 29.5 Å². The van der Waals surface area contributed by atoms with Crippen molar-refractivity contribution in [3.63, 3.8) is 0 Å². The summed E-state index contributed by atoms with van der Waals surface area (Å²) < 4.78 is 5.46. The molecule has 114 valence electrons. The van der Waals surface area contributed by atoms with Crippen LogP contribution >= 0.6 is 11.3 Å². The van der Waals surface area contributed by atoms with Gasteiger partial charge in [0.15, 0.2) is 0 Å². The molecule has 0 bridgehead atoms. The quantitative estimate of drug-likeness (QED) is 0.731. The molecule has 5 heteroatoms. The number of fused-ring (bicyclic) bond motifs is 3. The molecule has 0 spiro atoms. The Balaban J connectivity index is 1.77. The number of aryl methyl sites for hydroxylation is 1. The normalized spacial score (nSPS) is 17.6. The molecule has 22 heavy (non-hydrogen) atoms. The van der Waals surface area contributed by atoms with Crippen LogP contribution in [-0.4, -0.2) is 17.0 Å². The van der Waals surface area contributed by atoms with Gasteiger partial charge in [0.2, 0.25) is 0 Å². The smallest absolute Gasteiger partial charge is 0.141 e. The van der Waals surface area contributed by atoms with Crippen molar-refractivity contribution in [1.29, 1.82) is 0 Å². The molecule has 3 heterocycles. The SMILES string of the molecule is C[C@@H]1CCc2c(sc3ncnc(N(C)Cc4ccco4)c23)C1. The number of nitrogens with zero attached hydrogens (tertiary/aromatic N) is 3. The van der Waals surface area contributed by atoms with Crippen molar-refractivity contribution in [2.45, 2.75) is 32.7 Å². The van der Waals surface area contributed by atoms with Crippen LogP contribution in [0.4, 0.5) is 5.82 Å². The molecule has 0 unspecified atom stereocenters. The summed E-state index contributed by atoms with van der Waals surface area (Å²) in [6.07, 6.45) is 6.98. The first kappa shape index (κ1) is 13.8. The lowest BCUT2D eigenvalue weighted by atomic mass is 9.89. The van der Waals surface area contributed by atoms with E-state index in [4.69, 9.17) is 4.42 Å². The van der Waals surface area contributed by atoms with E-state index in [2.05, 4.69) is 28.8 Å². The molecule has 0 aliphatic heterocycles. The molecule has 0 radical (unpaired) electrons. The van der Waals surface area contributed by atoms with Crippen LogP contribution in [0.2, 0.25) is 0 Å². The van der Waals surface area contributed by atoms with E-state index in [1.165, 1.54) is 28.7 Å². The Morgan fingerprint density at radius 3 is 3.14 bits per heavy atom. The Morgan fingerprint density at radius 1 is 1.41 bits per heavy atom. The third kappa shape index (κ3) is 2.29. The van der Waals surface area contributed by atoms with Crippen LogP contribution in [0.5, 0.6) is 0 Å². The number of hydrogen-bond acceptors (Lipinski definition) is 5. The molecule has 0 N–H and O–H groups in total. The standard InChI is InChI=1S/C17H19N3OS/c1-11-5-6-13-14(8-11)22-17-15(13)16(18-10-19-17)20(2)9-12-4-3-7-21-12/h3-4,7,10-11H,5-6,8-9H2,1-2H3/t11-/m1/s1. The first-order valence-corrected chi connectivity index (χ1v) is 8.53. The molecule has 1 aliphatic carbocycles. The van der Waals surface area contributed by atoms with E-state index >= 15 is 0 Å². The second kappa shape index (κ2) is 5.39. The highest BCUT2D eigenvalue weighted by atomic mass is 32.1. The Kier molecular flexibility index (Phi) is 3.37. The number of aromatic nitrogens is 2. The highest BCUT2D eigenvalue weighted by Crippen LogP contribution is 2.40. The molecule has 4 rings (SSSR count). The molecular weight excluding hydrogens is 294 g/mol. The fourth-order valence-corrected chi connectivity index (χ4v) is 4.60. The van der Waals surface area contributed by atoms with Crippen LogP contribution in [0, 0.1) is 5.92 Å². The Morgan fingerprint density at radius 2 is 2.32 bits per heavy atom. The van der Waals surface area contributed by atoms with Gasteiger partial charge in [0, 0.05) is 11.9 Å². The van der Waals surface area contributed by atoms with Gasteiger partial charge < -0.3 is 9.32 Å². The number of hydrogen-bond donors (Lipinski definition) is 0. The van der Waals surface area contributed by atoms with E-state index in [9.17, 15) is 0 Å². The molecule has 0 saturated heterocycles. The van der Waals surface area contributed by atoms with Crippen LogP contribution < -0.4 is 4.90 Å². The van der Waals surface area contributed by atoms with Gasteiger partial charge in [-0.1, -0.05) is 6.92 Å². The zero-order chi connectivity index (χ0) is 15.1. The van der Waals surface area contributed by atoms with E-state index in [1.807, 2.05) is 23.5 Å². The van der Waals surface area contributed by atoms with Crippen LogP contribution in [0.15, 0.2) is 29.1 Å². The topological polar surface area (TPSA) is 42.2 Å². The van der Waals surface area contributed by atoms with Gasteiger partial charge in [-0.05, 0) is 42.9 Å². The maximum Gasteiger partial charge on any atom is 0.141 e. The summed E-state index contributed by atoms with van der Waals surface area (Å²) in [7, 11) is 2.07. The number of anilines is 1. The van der Waals surface area contributed by atoms with Crippen molar-refractivity contribution in [1.82, 2.24) is 9.97 Å². The summed E-state index contributed by atoms with van der Waals surface area (Å²) >= 11 is 1.84. The van der Waals surface area contributed by atoms with E-state index < -0.39 is 0 Å². The van der Waals surface area contributed by atoms with Crippen molar-refractivity contribution in [2.75, 3.05) is 11.9 Å². The second-order valence-electron chi connectivity index (χ2n) is 6.16. The second-order valence-corrected chi connectivity index (χ2v) is 7.25. The predicted molar refractivity (Wildman–Crippen MR) is 89.4 cm³/mol. The Bertz CT molecular complexity index is 794. The molecule has 3 aromatic heterocycles. The lowest BCUT2D eigenvalue weighted by molar-refractivity contribution is 0.506. The van der Waals surface area contributed by atoms with E-state index in [0.717, 1.165) is 35.3 Å². The van der Waals surface area contributed by atoms with E-state index in [-0.39, 0.29) is 0 Å². The summed E-state index contributed by atoms with van der Waals surface area (Å²) in [4.78, 5) is 13.9. The molecule has 3 aromatic rings. The van der Waals surface area contributed by atoms with Crippen molar-refractivity contribution in [3.05, 3.63) is 40.9 Å². The third-order valence-electron chi connectivity index (χ3n) is 4.41. The fraction of sp³-hybridized carbons (Fsp3) is 0.412. The van der Waals surface area contributed by atoms with Crippen molar-refractivity contribution >= 4 is 27.4 Å². The molecule has 1 aliphatic rings. The van der Waals surface area contributed by atoms with Crippen LogP contribution in [0.3, 0.4) is 0 Å². The molecule has 0 saturated carbocycles. The average Bonchev–Trinajstić information content (AvgIpc) is 3.12. The molecule has 0 aromatic carbocycles. The lowest BCUT2D eigenvalue weighted by Crippen LogP contribution is -2.18. The summed E-state index contributed by atoms with van der Waals surface area (Å²) in [5.41, 5.74) is 1.47. The molecule has 0 fully saturated rings. The largest absolute Gasteiger partial charge is 0.467 e. The van der Waals surface area contributed by atoms with Gasteiger partial charge in [0.25, 0.3) is 0 Å². The fourth-order valence-electron chi connectivity index (χ4n) is 3.26. The highest BCUT2D eigenvalue weighted by molar-refractivity contribution is 7.19. The number of furan rings is 1. The first-order chi connectivity index (χ1) is 10.7. The van der Waals surface area contributed by atoms with Gasteiger partial charge in [0.05, 0.1) is 18.2 Å². The number of thiophene rings is 1.